The van der Waals surface area contributed by atoms with Gasteiger partial charge in [-0.15, -0.1) is 11.3 Å². The molecule has 1 aromatic carbocycles. The van der Waals surface area contributed by atoms with Crippen LogP contribution in [-0.4, -0.2) is 53.8 Å². The lowest BCUT2D eigenvalue weighted by Gasteiger charge is -2.43. The summed E-state index contributed by atoms with van der Waals surface area (Å²) in [6, 6.07) is 17.8. The molecule has 2 aromatic heterocycles. The van der Waals surface area contributed by atoms with Gasteiger partial charge in [-0.3, -0.25) is 14.6 Å². The first-order chi connectivity index (χ1) is 15.0. The lowest BCUT2D eigenvalue weighted by atomic mass is 9.73. The molecule has 0 unspecified atom stereocenters. The number of amides is 2. The zero-order valence-corrected chi connectivity index (χ0v) is 18.8. The van der Waals surface area contributed by atoms with Crippen LogP contribution in [0.2, 0.25) is 0 Å². The van der Waals surface area contributed by atoms with E-state index in [1.54, 1.807) is 53.6 Å². The average Bonchev–Trinajstić information content (AvgIpc) is 3.34. The summed E-state index contributed by atoms with van der Waals surface area (Å²) >= 11 is 1.70. The molecule has 3 aromatic rings. The highest BCUT2D eigenvalue weighted by Crippen LogP contribution is 2.39. The number of nitrogens with zero attached hydrogens (tertiary/aromatic N) is 3. The van der Waals surface area contributed by atoms with Gasteiger partial charge < -0.3 is 9.80 Å². The molecule has 0 saturated carbocycles. The molecule has 160 valence electrons. The van der Waals surface area contributed by atoms with E-state index in [0.717, 1.165) is 24.0 Å². The van der Waals surface area contributed by atoms with E-state index in [1.807, 2.05) is 24.3 Å². The lowest BCUT2D eigenvalue weighted by Crippen LogP contribution is -2.54. The molecule has 1 saturated heterocycles. The molecule has 0 spiro atoms. The third-order valence-corrected chi connectivity index (χ3v) is 6.84. The van der Waals surface area contributed by atoms with Gasteiger partial charge in [0.15, 0.2) is 0 Å². The van der Waals surface area contributed by atoms with Gasteiger partial charge in [0.25, 0.3) is 5.91 Å². The monoisotopic (exact) mass is 433 g/mol. The maximum Gasteiger partial charge on any atom is 0.272 e. The van der Waals surface area contributed by atoms with Crippen molar-refractivity contribution < 1.29 is 9.59 Å². The van der Waals surface area contributed by atoms with Crippen LogP contribution in [0.1, 0.15) is 28.9 Å². The van der Waals surface area contributed by atoms with Gasteiger partial charge in [-0.25, -0.2) is 0 Å². The van der Waals surface area contributed by atoms with Gasteiger partial charge in [0, 0.05) is 38.3 Å². The van der Waals surface area contributed by atoms with Crippen molar-refractivity contribution in [2.24, 2.45) is 5.41 Å². The highest BCUT2D eigenvalue weighted by atomic mass is 32.1. The fourth-order valence-electron chi connectivity index (χ4n) is 4.54. The lowest BCUT2D eigenvalue weighted by molar-refractivity contribution is -0.142. The number of rotatable bonds is 5. The van der Waals surface area contributed by atoms with Crippen LogP contribution in [0.25, 0.3) is 10.4 Å². The van der Waals surface area contributed by atoms with E-state index in [0.29, 0.717) is 25.2 Å². The summed E-state index contributed by atoms with van der Waals surface area (Å²) < 4.78 is 0. The zero-order chi connectivity index (χ0) is 21.8. The molecule has 1 aliphatic heterocycles. The Balaban J connectivity index is 1.69. The molecule has 0 radical (unpaired) electrons. The van der Waals surface area contributed by atoms with Gasteiger partial charge in [0.05, 0.1) is 5.41 Å². The molecule has 1 aliphatic rings. The normalized spacial score (nSPS) is 18.6. The fraction of sp³-hybridized carbons (Fsp3) is 0.320. The summed E-state index contributed by atoms with van der Waals surface area (Å²) in [6.07, 6.45) is 3.78. The summed E-state index contributed by atoms with van der Waals surface area (Å²) in [7, 11) is 3.60. The van der Waals surface area contributed by atoms with Crippen LogP contribution in [-0.2, 0) is 11.2 Å². The number of thiophene rings is 1. The minimum absolute atomic E-state index is 0.0759. The van der Waals surface area contributed by atoms with E-state index >= 15 is 0 Å². The number of hydrogen-bond donors (Lipinski definition) is 0. The Kier molecular flexibility index (Phi) is 6.18. The fourth-order valence-corrected chi connectivity index (χ4v) is 5.32. The minimum Gasteiger partial charge on any atom is -0.348 e. The topological polar surface area (TPSA) is 53.5 Å². The molecule has 3 heterocycles. The van der Waals surface area contributed by atoms with Crippen molar-refractivity contribution in [3.8, 4) is 10.4 Å². The third-order valence-electron chi connectivity index (χ3n) is 5.94. The second-order valence-corrected chi connectivity index (χ2v) is 9.28. The number of aromatic nitrogens is 1. The van der Waals surface area contributed by atoms with Crippen LogP contribution in [0.5, 0.6) is 0 Å². The highest BCUT2D eigenvalue weighted by Gasteiger charge is 2.45. The predicted molar refractivity (Wildman–Crippen MR) is 124 cm³/mol. The Morgan fingerprint density at radius 1 is 1.10 bits per heavy atom. The first-order valence-corrected chi connectivity index (χ1v) is 11.4. The zero-order valence-electron chi connectivity index (χ0n) is 18.0. The van der Waals surface area contributed by atoms with Gasteiger partial charge in [-0.1, -0.05) is 36.4 Å². The number of benzene rings is 1. The van der Waals surface area contributed by atoms with E-state index < -0.39 is 5.41 Å². The van der Waals surface area contributed by atoms with Crippen molar-refractivity contribution in [3.63, 3.8) is 0 Å². The first-order valence-electron chi connectivity index (χ1n) is 10.5. The predicted octanol–water partition coefficient (Wildman–Crippen LogP) is 4.36. The maximum absolute atomic E-state index is 13.5. The van der Waals surface area contributed by atoms with Crippen molar-refractivity contribution in [2.75, 3.05) is 27.2 Å². The second-order valence-electron chi connectivity index (χ2n) is 8.34. The first kappa shape index (κ1) is 21.2. The summed E-state index contributed by atoms with van der Waals surface area (Å²) in [5.74, 6) is -0.0326. The van der Waals surface area contributed by atoms with E-state index in [9.17, 15) is 9.59 Å². The molecule has 2 amide bonds. The number of carbonyl (C=O) groups is 2. The smallest absolute Gasteiger partial charge is 0.272 e. The molecule has 1 fully saturated rings. The number of carbonyl (C=O) groups excluding carboxylic acids is 2. The molecule has 6 heteroatoms. The Labute approximate surface area is 187 Å². The van der Waals surface area contributed by atoms with Crippen LogP contribution in [0.15, 0.2) is 66.2 Å². The quantitative estimate of drug-likeness (QED) is 0.601. The van der Waals surface area contributed by atoms with Crippen molar-refractivity contribution in [1.29, 1.82) is 0 Å². The molecule has 0 aliphatic carbocycles. The molecule has 1 atom stereocenters. The standard InChI is InChI=1S/C25H27N3O2S/c1-27(2)24(30)25(17-19-9-3-4-10-20(19)22-12-7-16-31-22)13-8-15-28(18-25)23(29)21-11-5-6-14-26-21/h3-7,9-12,14,16H,8,13,15,17-18H2,1-2H3/t25-/m1/s1. The van der Waals surface area contributed by atoms with E-state index in [2.05, 4.69) is 28.6 Å². The molecule has 4 rings (SSSR count). The van der Waals surface area contributed by atoms with Crippen LogP contribution in [0.4, 0.5) is 0 Å². The van der Waals surface area contributed by atoms with Crippen LogP contribution in [0, 0.1) is 5.41 Å². The van der Waals surface area contributed by atoms with E-state index in [-0.39, 0.29) is 11.8 Å². The number of hydrogen-bond acceptors (Lipinski definition) is 4. The van der Waals surface area contributed by atoms with E-state index in [1.165, 1.54) is 4.88 Å². The second kappa shape index (κ2) is 9.02. The summed E-state index contributed by atoms with van der Waals surface area (Å²) in [5, 5.41) is 2.07. The van der Waals surface area contributed by atoms with Crippen molar-refractivity contribution in [1.82, 2.24) is 14.8 Å². The molecule has 0 bridgehead atoms. The number of pyridine rings is 1. The highest BCUT2D eigenvalue weighted by molar-refractivity contribution is 7.13. The van der Waals surface area contributed by atoms with Crippen LogP contribution in [0.3, 0.4) is 0 Å². The van der Waals surface area contributed by atoms with Gasteiger partial charge in [-0.05, 0) is 54.0 Å². The minimum atomic E-state index is -0.653. The number of likely N-dealkylation sites (tertiary alicyclic amines) is 1. The molecular formula is C25H27N3O2S. The van der Waals surface area contributed by atoms with E-state index in [4.69, 9.17) is 0 Å². The van der Waals surface area contributed by atoms with Crippen LogP contribution < -0.4 is 0 Å². The Bertz CT molecular complexity index is 1050. The van der Waals surface area contributed by atoms with Gasteiger partial charge in [0.2, 0.25) is 5.91 Å². The molecular weight excluding hydrogens is 406 g/mol. The summed E-state index contributed by atoms with van der Waals surface area (Å²) in [6.45, 7) is 1.04. The van der Waals surface area contributed by atoms with Gasteiger partial charge in [0.1, 0.15) is 5.69 Å². The Morgan fingerprint density at radius 2 is 1.90 bits per heavy atom. The maximum atomic E-state index is 13.5. The Hall–Kier alpha value is -2.99. The van der Waals surface area contributed by atoms with Gasteiger partial charge in [-0.2, -0.15) is 0 Å². The van der Waals surface area contributed by atoms with Crippen molar-refractivity contribution >= 4 is 23.2 Å². The third kappa shape index (κ3) is 4.39. The van der Waals surface area contributed by atoms with Crippen molar-refractivity contribution in [2.45, 2.75) is 19.3 Å². The molecule has 31 heavy (non-hydrogen) atoms. The molecule has 0 N–H and O–H groups in total. The average molecular weight is 434 g/mol. The molecule has 5 nitrogen and oxygen atoms in total. The van der Waals surface area contributed by atoms with Crippen LogP contribution >= 0.6 is 11.3 Å². The van der Waals surface area contributed by atoms with Crippen molar-refractivity contribution in [3.05, 3.63) is 77.4 Å². The number of piperidine rings is 1. The largest absolute Gasteiger partial charge is 0.348 e. The summed E-state index contributed by atoms with van der Waals surface area (Å²) in [5.41, 5.74) is 2.08. The summed E-state index contributed by atoms with van der Waals surface area (Å²) in [4.78, 5) is 35.5. The van der Waals surface area contributed by atoms with Gasteiger partial charge >= 0.3 is 0 Å². The Morgan fingerprint density at radius 3 is 2.61 bits per heavy atom. The SMILES string of the molecule is CN(C)C(=O)[C@@]1(Cc2ccccc2-c2cccs2)CCCN(C(=O)c2ccccn2)C1.